The van der Waals surface area contributed by atoms with Crippen molar-refractivity contribution in [2.75, 3.05) is 20.1 Å². The van der Waals surface area contributed by atoms with Crippen molar-refractivity contribution in [1.29, 1.82) is 0 Å². The van der Waals surface area contributed by atoms with E-state index >= 15 is 0 Å². The zero-order chi connectivity index (χ0) is 14.7. The molecule has 1 amide bonds. The Morgan fingerprint density at radius 3 is 2.55 bits per heavy atom. The summed E-state index contributed by atoms with van der Waals surface area (Å²) < 4.78 is 0. The Morgan fingerprint density at radius 2 is 2.05 bits per heavy atom. The number of likely N-dealkylation sites (tertiary alicyclic amines) is 1. The van der Waals surface area contributed by atoms with Crippen molar-refractivity contribution < 1.29 is 4.79 Å². The van der Waals surface area contributed by atoms with Gasteiger partial charge in [-0.05, 0) is 46.7 Å². The summed E-state index contributed by atoms with van der Waals surface area (Å²) in [6, 6.07) is 0.707. The second-order valence-electron chi connectivity index (χ2n) is 5.93. The Bertz CT molecular complexity index is 424. The number of amides is 1. The SMILES string of the molecule is CC(C)N1CCC(C(=O)N(C)C(C)c2cncs2)CC1. The van der Waals surface area contributed by atoms with Crippen molar-refractivity contribution in [1.82, 2.24) is 14.8 Å². The van der Waals surface area contributed by atoms with Gasteiger partial charge in [0.2, 0.25) is 5.91 Å². The Hall–Kier alpha value is -0.940. The molecule has 1 aliphatic heterocycles. The highest BCUT2D eigenvalue weighted by Gasteiger charge is 2.30. The maximum Gasteiger partial charge on any atom is 0.226 e. The molecule has 0 spiro atoms. The van der Waals surface area contributed by atoms with Crippen LogP contribution in [-0.2, 0) is 4.79 Å². The van der Waals surface area contributed by atoms with Gasteiger partial charge in [-0.2, -0.15) is 0 Å². The van der Waals surface area contributed by atoms with Crippen molar-refractivity contribution >= 4 is 17.2 Å². The van der Waals surface area contributed by atoms with Crippen LogP contribution >= 0.6 is 11.3 Å². The van der Waals surface area contributed by atoms with Gasteiger partial charge in [-0.1, -0.05) is 0 Å². The second-order valence-corrected chi connectivity index (χ2v) is 6.85. The van der Waals surface area contributed by atoms with Gasteiger partial charge in [0.05, 0.1) is 11.6 Å². The molecular formula is C15H25N3OS. The first-order valence-corrected chi connectivity index (χ1v) is 8.27. The second kappa shape index (κ2) is 6.68. The van der Waals surface area contributed by atoms with E-state index < -0.39 is 0 Å². The van der Waals surface area contributed by atoms with Crippen molar-refractivity contribution in [3.05, 3.63) is 16.6 Å². The molecule has 1 atom stereocenters. The largest absolute Gasteiger partial charge is 0.338 e. The molecule has 1 aromatic rings. The number of carbonyl (C=O) groups excluding carboxylic acids is 1. The topological polar surface area (TPSA) is 36.4 Å². The summed E-state index contributed by atoms with van der Waals surface area (Å²) in [7, 11) is 1.92. The fourth-order valence-electron chi connectivity index (χ4n) is 2.76. The summed E-state index contributed by atoms with van der Waals surface area (Å²) in [4.78, 5) is 22.2. The smallest absolute Gasteiger partial charge is 0.226 e. The minimum atomic E-state index is 0.123. The molecule has 4 nitrogen and oxygen atoms in total. The summed E-state index contributed by atoms with van der Waals surface area (Å²) in [5.74, 6) is 0.472. The summed E-state index contributed by atoms with van der Waals surface area (Å²) in [6.45, 7) is 8.60. The molecule has 1 unspecified atom stereocenters. The molecular weight excluding hydrogens is 270 g/mol. The number of hydrogen-bond acceptors (Lipinski definition) is 4. The molecule has 2 heterocycles. The van der Waals surface area contributed by atoms with Gasteiger partial charge in [-0.3, -0.25) is 9.78 Å². The number of carbonyl (C=O) groups is 1. The number of rotatable bonds is 4. The molecule has 1 aromatic heterocycles. The molecule has 2 rings (SSSR count). The molecule has 0 aliphatic carbocycles. The Labute approximate surface area is 125 Å². The van der Waals surface area contributed by atoms with Gasteiger partial charge in [0.15, 0.2) is 0 Å². The Balaban J connectivity index is 1.91. The maximum absolute atomic E-state index is 12.6. The third-order valence-corrected chi connectivity index (χ3v) is 5.35. The minimum Gasteiger partial charge on any atom is -0.338 e. The predicted molar refractivity (Wildman–Crippen MR) is 82.7 cm³/mol. The molecule has 20 heavy (non-hydrogen) atoms. The van der Waals surface area contributed by atoms with Gasteiger partial charge < -0.3 is 9.80 Å². The van der Waals surface area contributed by atoms with E-state index in [0.717, 1.165) is 30.8 Å². The van der Waals surface area contributed by atoms with Gasteiger partial charge in [-0.15, -0.1) is 11.3 Å². The molecule has 1 fully saturated rings. The van der Waals surface area contributed by atoms with Crippen LogP contribution < -0.4 is 0 Å². The van der Waals surface area contributed by atoms with Crippen LogP contribution in [0.4, 0.5) is 0 Å². The minimum absolute atomic E-state index is 0.123. The average Bonchev–Trinajstić information content (AvgIpc) is 2.99. The number of thiazole rings is 1. The molecule has 1 saturated heterocycles. The molecule has 0 radical (unpaired) electrons. The first-order chi connectivity index (χ1) is 9.50. The predicted octanol–water partition coefficient (Wildman–Crippen LogP) is 2.78. The summed E-state index contributed by atoms with van der Waals surface area (Å²) >= 11 is 1.61. The number of piperidine rings is 1. The van der Waals surface area contributed by atoms with Gasteiger partial charge >= 0.3 is 0 Å². The van der Waals surface area contributed by atoms with E-state index in [1.54, 1.807) is 11.3 Å². The van der Waals surface area contributed by atoms with E-state index in [-0.39, 0.29) is 17.9 Å². The van der Waals surface area contributed by atoms with E-state index in [0.29, 0.717) is 6.04 Å². The van der Waals surface area contributed by atoms with Crippen LogP contribution in [0.1, 0.15) is 44.5 Å². The molecule has 0 aromatic carbocycles. The molecule has 0 saturated carbocycles. The van der Waals surface area contributed by atoms with Crippen LogP contribution in [0, 0.1) is 5.92 Å². The van der Waals surface area contributed by atoms with Gasteiger partial charge in [0, 0.05) is 30.1 Å². The van der Waals surface area contributed by atoms with Crippen molar-refractivity contribution in [3.63, 3.8) is 0 Å². The van der Waals surface area contributed by atoms with Crippen molar-refractivity contribution in [2.45, 2.75) is 45.7 Å². The van der Waals surface area contributed by atoms with Crippen LogP contribution in [0.3, 0.4) is 0 Å². The molecule has 0 N–H and O–H groups in total. The highest BCUT2D eigenvalue weighted by molar-refractivity contribution is 7.09. The van der Waals surface area contributed by atoms with E-state index in [2.05, 4.69) is 30.7 Å². The summed E-state index contributed by atoms with van der Waals surface area (Å²) in [5.41, 5.74) is 1.82. The quantitative estimate of drug-likeness (QED) is 0.857. The lowest BCUT2D eigenvalue weighted by atomic mass is 9.94. The third kappa shape index (κ3) is 3.38. The number of nitrogens with zero attached hydrogens (tertiary/aromatic N) is 3. The number of aromatic nitrogens is 1. The summed E-state index contributed by atoms with van der Waals surface area (Å²) in [6.07, 6.45) is 3.83. The Morgan fingerprint density at radius 1 is 1.40 bits per heavy atom. The van der Waals surface area contributed by atoms with Crippen LogP contribution in [-0.4, -0.2) is 46.9 Å². The lowest BCUT2D eigenvalue weighted by Gasteiger charge is -2.36. The molecule has 5 heteroatoms. The fourth-order valence-corrected chi connectivity index (χ4v) is 3.48. The molecule has 0 bridgehead atoms. The summed E-state index contributed by atoms with van der Waals surface area (Å²) in [5, 5.41) is 0. The number of hydrogen-bond donors (Lipinski definition) is 0. The maximum atomic E-state index is 12.6. The highest BCUT2D eigenvalue weighted by atomic mass is 32.1. The van der Waals surface area contributed by atoms with Crippen LogP contribution in [0.25, 0.3) is 0 Å². The third-order valence-electron chi connectivity index (χ3n) is 4.40. The molecule has 1 aliphatic rings. The molecule has 112 valence electrons. The Kier molecular flexibility index (Phi) is 5.16. The highest BCUT2D eigenvalue weighted by Crippen LogP contribution is 2.27. The van der Waals surface area contributed by atoms with Crippen molar-refractivity contribution in [3.8, 4) is 0 Å². The van der Waals surface area contributed by atoms with Gasteiger partial charge in [0.1, 0.15) is 0 Å². The van der Waals surface area contributed by atoms with Crippen LogP contribution in [0.2, 0.25) is 0 Å². The lowest BCUT2D eigenvalue weighted by Crippen LogP contribution is -2.44. The first-order valence-electron chi connectivity index (χ1n) is 7.39. The van der Waals surface area contributed by atoms with Crippen molar-refractivity contribution in [2.24, 2.45) is 5.92 Å². The zero-order valence-corrected chi connectivity index (χ0v) is 13.7. The monoisotopic (exact) mass is 295 g/mol. The van der Waals surface area contributed by atoms with Crippen LogP contribution in [0.15, 0.2) is 11.7 Å². The standard InChI is InChI=1S/C15H25N3OS/c1-11(2)18-7-5-13(6-8-18)15(19)17(4)12(3)14-9-16-10-20-14/h9-13H,5-8H2,1-4H3. The van der Waals surface area contributed by atoms with E-state index in [9.17, 15) is 4.79 Å². The van der Waals surface area contributed by atoms with Gasteiger partial charge in [-0.25, -0.2) is 0 Å². The fraction of sp³-hybridized carbons (Fsp3) is 0.733. The van der Waals surface area contributed by atoms with Gasteiger partial charge in [0.25, 0.3) is 0 Å². The zero-order valence-electron chi connectivity index (χ0n) is 12.9. The first kappa shape index (κ1) is 15.4. The van der Waals surface area contributed by atoms with Crippen LogP contribution in [0.5, 0.6) is 0 Å². The van der Waals surface area contributed by atoms with E-state index in [4.69, 9.17) is 0 Å². The normalized spacial score (nSPS) is 19.2. The van der Waals surface area contributed by atoms with E-state index in [1.165, 1.54) is 0 Å². The lowest BCUT2D eigenvalue weighted by molar-refractivity contribution is -0.137. The van der Waals surface area contributed by atoms with E-state index in [1.807, 2.05) is 23.7 Å². The average molecular weight is 295 g/mol.